The lowest BCUT2D eigenvalue weighted by Crippen LogP contribution is -2.48. The fourth-order valence-corrected chi connectivity index (χ4v) is 2.16. The second-order valence-electron chi connectivity index (χ2n) is 5.25. The number of carbonyl (C=O) groups is 2. The van der Waals surface area contributed by atoms with Gasteiger partial charge in [0.1, 0.15) is 6.04 Å². The summed E-state index contributed by atoms with van der Waals surface area (Å²) in [6.07, 6.45) is 2.14. The zero-order valence-electron chi connectivity index (χ0n) is 14.1. The van der Waals surface area contributed by atoms with Crippen molar-refractivity contribution in [2.24, 2.45) is 0 Å². The second kappa shape index (κ2) is 11.5. The highest BCUT2D eigenvalue weighted by Gasteiger charge is 2.20. The van der Waals surface area contributed by atoms with Gasteiger partial charge in [-0.25, -0.2) is 4.79 Å². The normalized spacial score (nSPS) is 13.8. The monoisotopic (exact) mass is 301 g/mol. The first-order chi connectivity index (χ1) is 9.94. The van der Waals surface area contributed by atoms with Crippen LogP contribution < -0.4 is 10.6 Å². The Hall–Kier alpha value is -1.14. The summed E-state index contributed by atoms with van der Waals surface area (Å²) in [6.45, 7) is 11.4. The highest BCUT2D eigenvalue weighted by molar-refractivity contribution is 5.83. The number of nitrogens with zero attached hydrogens (tertiary/aromatic N) is 1. The van der Waals surface area contributed by atoms with Crippen LogP contribution in [0.4, 0.5) is 0 Å². The third-order valence-electron chi connectivity index (χ3n) is 3.54. The Morgan fingerprint density at radius 2 is 1.86 bits per heavy atom. The molecule has 6 nitrogen and oxygen atoms in total. The van der Waals surface area contributed by atoms with Crippen molar-refractivity contribution in [1.82, 2.24) is 15.5 Å². The molecule has 0 saturated carbocycles. The number of carbonyl (C=O) groups excluding carboxylic acids is 2. The van der Waals surface area contributed by atoms with E-state index in [1.807, 2.05) is 0 Å². The van der Waals surface area contributed by atoms with Gasteiger partial charge in [0.05, 0.1) is 7.11 Å². The van der Waals surface area contributed by atoms with Crippen LogP contribution in [0.2, 0.25) is 0 Å². The zero-order chi connectivity index (χ0) is 16.3. The Morgan fingerprint density at radius 1 is 1.24 bits per heavy atom. The summed E-state index contributed by atoms with van der Waals surface area (Å²) in [5.41, 5.74) is 0. The maximum Gasteiger partial charge on any atom is 0.329 e. The number of nitrogens with one attached hydrogen (secondary N) is 2. The fraction of sp³-hybridized carbons (Fsp3) is 0.867. The van der Waals surface area contributed by atoms with Gasteiger partial charge < -0.3 is 20.3 Å². The van der Waals surface area contributed by atoms with Gasteiger partial charge in [0.15, 0.2) is 0 Å². The smallest absolute Gasteiger partial charge is 0.329 e. The zero-order valence-corrected chi connectivity index (χ0v) is 14.1. The molecule has 0 saturated heterocycles. The SMILES string of the molecule is CCN(CC)CCCC(C)NCC(NC(C)=O)C(=O)OC. The van der Waals surface area contributed by atoms with Crippen LogP contribution in [0.15, 0.2) is 0 Å². The van der Waals surface area contributed by atoms with E-state index in [0.29, 0.717) is 12.6 Å². The fourth-order valence-electron chi connectivity index (χ4n) is 2.16. The lowest BCUT2D eigenvalue weighted by atomic mass is 10.1. The molecule has 1 amide bonds. The van der Waals surface area contributed by atoms with E-state index >= 15 is 0 Å². The Balaban J connectivity index is 4.04. The average Bonchev–Trinajstić information content (AvgIpc) is 2.46. The standard InChI is InChI=1S/C15H31N3O3/c1-6-18(7-2)10-8-9-12(3)16-11-14(15(20)21-5)17-13(4)19/h12,14,16H,6-11H2,1-5H3,(H,17,19). The van der Waals surface area contributed by atoms with E-state index in [-0.39, 0.29) is 5.91 Å². The van der Waals surface area contributed by atoms with Crippen molar-refractivity contribution in [2.45, 2.75) is 52.6 Å². The molecule has 0 aromatic heterocycles. The number of rotatable bonds is 11. The third kappa shape index (κ3) is 9.42. The van der Waals surface area contributed by atoms with Crippen LogP contribution >= 0.6 is 0 Å². The van der Waals surface area contributed by atoms with E-state index in [1.165, 1.54) is 14.0 Å². The van der Waals surface area contributed by atoms with E-state index in [0.717, 1.165) is 32.5 Å². The minimum atomic E-state index is -0.627. The van der Waals surface area contributed by atoms with Crippen molar-refractivity contribution >= 4 is 11.9 Å². The van der Waals surface area contributed by atoms with Crippen LogP contribution in [0.25, 0.3) is 0 Å². The third-order valence-corrected chi connectivity index (χ3v) is 3.54. The molecule has 21 heavy (non-hydrogen) atoms. The molecule has 6 heteroatoms. The van der Waals surface area contributed by atoms with Gasteiger partial charge in [-0.2, -0.15) is 0 Å². The van der Waals surface area contributed by atoms with Crippen molar-refractivity contribution in [1.29, 1.82) is 0 Å². The summed E-state index contributed by atoms with van der Waals surface area (Å²) in [5.74, 6) is -0.658. The van der Waals surface area contributed by atoms with E-state index in [1.54, 1.807) is 0 Å². The molecule has 0 bridgehead atoms. The van der Waals surface area contributed by atoms with Crippen LogP contribution in [0, 0.1) is 0 Å². The second-order valence-corrected chi connectivity index (χ2v) is 5.25. The molecule has 0 radical (unpaired) electrons. The van der Waals surface area contributed by atoms with Gasteiger partial charge in [0.2, 0.25) is 5.91 Å². The van der Waals surface area contributed by atoms with E-state index in [4.69, 9.17) is 0 Å². The first kappa shape index (κ1) is 19.9. The quantitative estimate of drug-likeness (QED) is 0.552. The van der Waals surface area contributed by atoms with Crippen molar-refractivity contribution in [2.75, 3.05) is 33.3 Å². The number of methoxy groups -OCH3 is 1. The van der Waals surface area contributed by atoms with Gasteiger partial charge >= 0.3 is 5.97 Å². The summed E-state index contributed by atoms with van der Waals surface area (Å²) < 4.78 is 4.69. The van der Waals surface area contributed by atoms with Crippen molar-refractivity contribution < 1.29 is 14.3 Å². The van der Waals surface area contributed by atoms with E-state index in [2.05, 4.69) is 41.0 Å². The molecule has 0 heterocycles. The van der Waals surface area contributed by atoms with Crippen LogP contribution in [0.3, 0.4) is 0 Å². The molecule has 0 aliphatic carbocycles. The lowest BCUT2D eigenvalue weighted by molar-refractivity contribution is -0.144. The highest BCUT2D eigenvalue weighted by atomic mass is 16.5. The first-order valence-electron chi connectivity index (χ1n) is 7.75. The summed E-state index contributed by atoms with van der Waals surface area (Å²) in [5, 5.41) is 5.87. The number of ether oxygens (including phenoxy) is 1. The van der Waals surface area contributed by atoms with E-state index < -0.39 is 12.0 Å². The molecular formula is C15H31N3O3. The molecule has 0 spiro atoms. The van der Waals surface area contributed by atoms with Gasteiger partial charge in [0.25, 0.3) is 0 Å². The summed E-state index contributed by atoms with van der Waals surface area (Å²) in [4.78, 5) is 25.0. The minimum absolute atomic E-state index is 0.235. The van der Waals surface area contributed by atoms with E-state index in [9.17, 15) is 9.59 Å². The van der Waals surface area contributed by atoms with Crippen molar-refractivity contribution in [3.05, 3.63) is 0 Å². The van der Waals surface area contributed by atoms with Crippen LogP contribution in [-0.2, 0) is 14.3 Å². The summed E-state index contributed by atoms with van der Waals surface area (Å²) >= 11 is 0. The van der Waals surface area contributed by atoms with Crippen molar-refractivity contribution in [3.8, 4) is 0 Å². The largest absolute Gasteiger partial charge is 0.467 e. The van der Waals surface area contributed by atoms with Gasteiger partial charge in [-0.05, 0) is 39.4 Å². The molecule has 2 atom stereocenters. The molecule has 2 N–H and O–H groups in total. The number of esters is 1. The topological polar surface area (TPSA) is 70.7 Å². The maximum atomic E-state index is 11.6. The molecular weight excluding hydrogens is 270 g/mol. The Bertz CT molecular complexity index is 307. The minimum Gasteiger partial charge on any atom is -0.467 e. The lowest BCUT2D eigenvalue weighted by Gasteiger charge is -2.21. The van der Waals surface area contributed by atoms with Crippen LogP contribution in [0.5, 0.6) is 0 Å². The predicted octanol–water partition coefficient (Wildman–Crippen LogP) is 0.764. The Labute approximate surface area is 128 Å². The molecule has 0 aliphatic heterocycles. The number of amides is 1. The predicted molar refractivity (Wildman–Crippen MR) is 84.1 cm³/mol. The Kier molecular flexibility index (Phi) is 10.9. The van der Waals surface area contributed by atoms with Crippen LogP contribution in [0.1, 0.15) is 40.5 Å². The number of hydrogen-bond acceptors (Lipinski definition) is 5. The summed E-state index contributed by atoms with van der Waals surface area (Å²) in [7, 11) is 1.32. The van der Waals surface area contributed by atoms with Gasteiger partial charge in [0, 0.05) is 19.5 Å². The molecule has 0 aromatic carbocycles. The van der Waals surface area contributed by atoms with Gasteiger partial charge in [-0.15, -0.1) is 0 Å². The molecule has 0 fully saturated rings. The molecule has 0 aromatic rings. The summed E-state index contributed by atoms with van der Waals surface area (Å²) in [6, 6.07) is -0.334. The molecule has 124 valence electrons. The highest BCUT2D eigenvalue weighted by Crippen LogP contribution is 2.00. The van der Waals surface area contributed by atoms with Crippen molar-refractivity contribution in [3.63, 3.8) is 0 Å². The maximum absolute atomic E-state index is 11.6. The number of hydrogen-bond donors (Lipinski definition) is 2. The molecule has 0 aliphatic rings. The molecule has 2 unspecified atom stereocenters. The Morgan fingerprint density at radius 3 is 2.33 bits per heavy atom. The van der Waals surface area contributed by atoms with Gasteiger partial charge in [-0.1, -0.05) is 13.8 Å². The first-order valence-corrected chi connectivity index (χ1v) is 7.75. The average molecular weight is 301 g/mol. The molecule has 0 rings (SSSR count). The van der Waals surface area contributed by atoms with Gasteiger partial charge in [-0.3, -0.25) is 4.79 Å². The van der Waals surface area contributed by atoms with Crippen LogP contribution in [-0.4, -0.2) is 62.1 Å².